The number of Topliss-reactive ketones (excluding diaryl/α,β-unsaturated/α-hetero) is 1. The molecule has 0 radical (unpaired) electrons. The summed E-state index contributed by atoms with van der Waals surface area (Å²) in [6.45, 7) is 7.85. The van der Waals surface area contributed by atoms with Gasteiger partial charge in [0.2, 0.25) is 0 Å². The molecule has 0 amide bonds. The van der Waals surface area contributed by atoms with Gasteiger partial charge in [0.15, 0.2) is 51.8 Å². The summed E-state index contributed by atoms with van der Waals surface area (Å²) in [4.78, 5) is 35.5. The molecule has 406 valence electrons. The van der Waals surface area contributed by atoms with Gasteiger partial charge in [-0.2, -0.15) is 0 Å². The molecule has 0 saturated carbocycles. The van der Waals surface area contributed by atoms with Crippen LogP contribution >= 0.6 is 0 Å². The second kappa shape index (κ2) is 20.1. The smallest absolute Gasteiger partial charge is 0.264 e. The lowest BCUT2D eigenvalue weighted by molar-refractivity contribution is 0.101. The van der Waals surface area contributed by atoms with Crippen molar-refractivity contribution in [2.45, 2.75) is 13.8 Å². The number of ketones is 1. The third kappa shape index (κ3) is 8.24. The van der Waals surface area contributed by atoms with Crippen molar-refractivity contribution in [1.82, 2.24) is 9.38 Å². The van der Waals surface area contributed by atoms with Gasteiger partial charge in [0.1, 0.15) is 51.6 Å². The first-order valence-corrected chi connectivity index (χ1v) is 25.5. The number of rotatable bonds is 18. The predicted octanol–water partition coefficient (Wildman–Crippen LogP) is 15.0. The molecular formula is C65H52N2O14. The largest absolute Gasteiger partial charge is 0.493 e. The first-order chi connectivity index (χ1) is 39.3. The Balaban J connectivity index is 1.37. The minimum absolute atomic E-state index is 0.226. The van der Waals surface area contributed by atoms with Crippen LogP contribution in [0.15, 0.2) is 133 Å². The molecule has 12 rings (SSSR count). The van der Waals surface area contributed by atoms with Crippen molar-refractivity contribution in [2.24, 2.45) is 0 Å². The Hall–Kier alpha value is -10.4. The average Bonchev–Trinajstić information content (AvgIpc) is 3.49. The quantitative estimate of drug-likeness (QED) is 0.0453. The van der Waals surface area contributed by atoms with E-state index >= 15 is 4.79 Å². The molecule has 0 aliphatic carbocycles. The Morgan fingerprint density at radius 2 is 0.765 bits per heavy atom. The van der Waals surface area contributed by atoms with E-state index in [1.165, 1.54) is 21.1 Å². The number of pyridine rings is 1. The highest BCUT2D eigenvalue weighted by molar-refractivity contribution is 6.43. The second-order valence-corrected chi connectivity index (χ2v) is 19.1. The normalized spacial score (nSPS) is 11.5. The number of methoxy groups -OCH3 is 8. The Bertz CT molecular complexity index is 4490. The lowest BCUT2D eigenvalue weighted by atomic mass is 9.82. The van der Waals surface area contributed by atoms with Crippen molar-refractivity contribution >= 4 is 81.9 Å². The van der Waals surface area contributed by atoms with Gasteiger partial charge in [0, 0.05) is 78.3 Å². The molecule has 2 heterocycles. The van der Waals surface area contributed by atoms with Gasteiger partial charge in [0.25, 0.3) is 5.56 Å². The van der Waals surface area contributed by atoms with Gasteiger partial charge in [-0.25, -0.2) is 4.98 Å². The van der Waals surface area contributed by atoms with Crippen molar-refractivity contribution in [3.05, 3.63) is 149 Å². The molecule has 0 bridgehead atoms. The number of imidazole rings is 1. The number of carbonyl (C=O) groups excluding carboxylic acids is 1. The van der Waals surface area contributed by atoms with Gasteiger partial charge >= 0.3 is 0 Å². The van der Waals surface area contributed by atoms with Crippen LogP contribution in [0.25, 0.3) is 76.1 Å². The van der Waals surface area contributed by atoms with Crippen molar-refractivity contribution < 1.29 is 61.6 Å². The summed E-state index contributed by atoms with van der Waals surface area (Å²) >= 11 is 0. The summed E-state index contributed by atoms with van der Waals surface area (Å²) in [6, 6.07) is 35.5. The Kier molecular flexibility index (Phi) is 12.8. The molecule has 2 aromatic heterocycles. The van der Waals surface area contributed by atoms with Crippen LogP contribution in [0.3, 0.4) is 0 Å². The third-order valence-electron chi connectivity index (χ3n) is 14.6. The van der Waals surface area contributed by atoms with Crippen LogP contribution < -0.4 is 62.4 Å². The number of fused-ring (bicyclic) bond motifs is 6. The molecule has 16 nitrogen and oxygen atoms in total. The van der Waals surface area contributed by atoms with Crippen LogP contribution in [-0.4, -0.2) is 72.0 Å². The van der Waals surface area contributed by atoms with Crippen molar-refractivity contribution in [3.8, 4) is 92.0 Å². The summed E-state index contributed by atoms with van der Waals surface area (Å²) < 4.78 is 76.2. The van der Waals surface area contributed by atoms with Crippen molar-refractivity contribution in [2.75, 3.05) is 56.9 Å². The number of nitrogens with zero attached hydrogens (tertiary/aromatic N) is 2. The highest BCUT2D eigenvalue weighted by atomic mass is 16.5. The number of benzene rings is 10. The highest BCUT2D eigenvalue weighted by Gasteiger charge is 2.33. The molecule has 0 N–H and O–H groups in total. The molecule has 81 heavy (non-hydrogen) atoms. The minimum Gasteiger partial charge on any atom is -0.493 e. The van der Waals surface area contributed by atoms with Crippen LogP contribution in [0.4, 0.5) is 0 Å². The zero-order chi connectivity index (χ0) is 56.5. The maximum atomic E-state index is 15.7. The number of hydrogen-bond donors (Lipinski definition) is 0. The summed E-state index contributed by atoms with van der Waals surface area (Å²) in [6.07, 6.45) is 0. The predicted molar refractivity (Wildman–Crippen MR) is 312 cm³/mol. The Morgan fingerprint density at radius 1 is 0.395 bits per heavy atom. The van der Waals surface area contributed by atoms with Crippen LogP contribution in [-0.2, 0) is 0 Å². The van der Waals surface area contributed by atoms with E-state index in [0.29, 0.717) is 162 Å². The molecule has 0 atom stereocenters. The fourth-order valence-corrected chi connectivity index (χ4v) is 11.0. The number of para-hydroxylation sites is 2. The fraction of sp³-hybridized carbons (Fsp3) is 0.154. The Labute approximate surface area is 463 Å². The third-order valence-corrected chi connectivity index (χ3v) is 14.6. The van der Waals surface area contributed by atoms with E-state index in [1.807, 2.05) is 43.3 Å². The number of aromatic nitrogens is 2. The van der Waals surface area contributed by atoms with Gasteiger partial charge < -0.3 is 56.8 Å². The number of allylic oxidation sites excluding steroid dienone is 1. The maximum absolute atomic E-state index is 15.7. The van der Waals surface area contributed by atoms with E-state index in [2.05, 4.69) is 6.58 Å². The van der Waals surface area contributed by atoms with E-state index in [4.69, 9.17) is 61.8 Å². The summed E-state index contributed by atoms with van der Waals surface area (Å²) in [5, 5.41) is 4.80. The molecule has 16 heteroatoms. The molecule has 10 aromatic carbocycles. The Morgan fingerprint density at radius 3 is 1.16 bits per heavy atom. The van der Waals surface area contributed by atoms with Crippen molar-refractivity contribution in [1.29, 1.82) is 0 Å². The van der Waals surface area contributed by atoms with Gasteiger partial charge in [-0.05, 0) is 104 Å². The highest BCUT2D eigenvalue weighted by Crippen LogP contribution is 2.58. The monoisotopic (exact) mass is 1080 g/mol. The minimum atomic E-state index is -0.362. The lowest BCUT2D eigenvalue weighted by Gasteiger charge is -2.26. The van der Waals surface area contributed by atoms with E-state index < -0.39 is 0 Å². The first kappa shape index (κ1) is 51.4. The molecule has 0 unspecified atom stereocenters. The molecule has 0 aliphatic heterocycles. The maximum Gasteiger partial charge on any atom is 0.264 e. The molecule has 0 saturated heterocycles. The number of carbonyl (C=O) groups is 1. The van der Waals surface area contributed by atoms with Crippen LogP contribution in [0.1, 0.15) is 29.8 Å². The summed E-state index contributed by atoms with van der Waals surface area (Å²) in [5.41, 5.74) is 2.72. The van der Waals surface area contributed by atoms with Crippen LogP contribution in [0.2, 0.25) is 0 Å². The standard InChI is InChI=1S/C65H52N2O14/c1-32(2)38-28-52(78-34-16-20-44(70-4)48(24-34)74-8)58-60-54(80-36-18-22-46(72-6)50(26-36)76-10)30-40-57-41(65(69)67-43-15-13-12-14-42(43)66-64(40)67)31-55(81-37-19-23-47(73-7)51(27-37)77-11)61(63(57)60)59-53(29-39(33(3)68)56(38)62(58)59)79-35-17-21-45(71-5)49(25-35)75-9/h12-31H,1H2,2-11H3. The average molecular weight is 1090 g/mol. The van der Waals surface area contributed by atoms with Gasteiger partial charge in [-0.1, -0.05) is 24.3 Å². The SMILES string of the molecule is C=C(C)c1cc(Oc2ccc(OC)c(OC)c2)c2c3c(Oc4ccc(OC)c(OC)c4)cc4c5c(cc(Oc6ccc(OC)c(OC)c6)c(c6c(Oc7ccc(OC)c(OC)c7)cc(C(C)=O)c1c62)c35)c(=O)n1c2ccccc2nc41. The number of ether oxygens (including phenoxy) is 12. The van der Waals surface area contributed by atoms with E-state index in [1.54, 1.807) is 132 Å². The molecule has 0 spiro atoms. The molecule has 12 aromatic rings. The zero-order valence-corrected chi connectivity index (χ0v) is 45.9. The van der Waals surface area contributed by atoms with Gasteiger partial charge in [-0.3, -0.25) is 14.0 Å². The van der Waals surface area contributed by atoms with Gasteiger partial charge in [-0.15, -0.1) is 0 Å². The topological polar surface area (TPSA) is 162 Å². The van der Waals surface area contributed by atoms with Crippen LogP contribution in [0, 0.1) is 0 Å². The fourth-order valence-electron chi connectivity index (χ4n) is 11.0. The van der Waals surface area contributed by atoms with E-state index in [-0.39, 0.29) is 28.2 Å². The lowest BCUT2D eigenvalue weighted by Crippen LogP contribution is -2.14. The van der Waals surface area contributed by atoms with Crippen molar-refractivity contribution in [3.63, 3.8) is 0 Å². The molecule has 0 aliphatic rings. The van der Waals surface area contributed by atoms with Crippen LogP contribution in [0.5, 0.6) is 92.0 Å². The molecular weight excluding hydrogens is 1030 g/mol. The summed E-state index contributed by atoms with van der Waals surface area (Å²) in [7, 11) is 12.4. The van der Waals surface area contributed by atoms with E-state index in [9.17, 15) is 4.79 Å². The summed E-state index contributed by atoms with van der Waals surface area (Å²) in [5.74, 6) is 5.72. The van der Waals surface area contributed by atoms with Gasteiger partial charge in [0.05, 0.1) is 73.3 Å². The van der Waals surface area contributed by atoms with E-state index in [0.717, 1.165) is 0 Å². The first-order valence-electron chi connectivity index (χ1n) is 25.5. The zero-order valence-electron chi connectivity index (χ0n) is 45.9. The second-order valence-electron chi connectivity index (χ2n) is 19.1. The number of hydrogen-bond acceptors (Lipinski definition) is 15. The molecule has 0 fully saturated rings.